The minimum atomic E-state index is -0.407. The lowest BCUT2D eigenvalue weighted by atomic mass is 10.0. The van der Waals surface area contributed by atoms with E-state index >= 15 is 0 Å². The summed E-state index contributed by atoms with van der Waals surface area (Å²) in [6.07, 6.45) is 3.35. The largest absolute Gasteiger partial charge is 0.465 e. The molecule has 0 fully saturated rings. The summed E-state index contributed by atoms with van der Waals surface area (Å²) < 4.78 is 6.40. The molecule has 3 N–H and O–H groups in total. The molecule has 0 radical (unpaired) electrons. The topological polar surface area (TPSA) is 111 Å². The van der Waals surface area contributed by atoms with Crippen molar-refractivity contribution in [3.8, 4) is 11.1 Å². The van der Waals surface area contributed by atoms with E-state index in [2.05, 4.69) is 20.1 Å². The predicted octanol–water partition coefficient (Wildman–Crippen LogP) is 1.64. The third kappa shape index (κ3) is 2.08. The van der Waals surface area contributed by atoms with Crippen LogP contribution < -0.4 is 5.73 Å². The van der Waals surface area contributed by atoms with Crippen LogP contribution in [-0.4, -0.2) is 37.6 Å². The third-order valence-corrected chi connectivity index (χ3v) is 3.61. The van der Waals surface area contributed by atoms with Crippen molar-refractivity contribution in [3.63, 3.8) is 0 Å². The molecule has 0 saturated carbocycles. The van der Waals surface area contributed by atoms with Gasteiger partial charge in [-0.15, -0.1) is 5.10 Å². The van der Waals surface area contributed by atoms with E-state index in [1.807, 2.05) is 12.1 Å². The molecule has 8 nitrogen and oxygen atoms in total. The third-order valence-electron chi connectivity index (χ3n) is 3.61. The number of esters is 1. The van der Waals surface area contributed by atoms with Gasteiger partial charge in [0.15, 0.2) is 5.65 Å². The fourth-order valence-corrected chi connectivity index (χ4v) is 2.57. The van der Waals surface area contributed by atoms with Crippen LogP contribution in [0.3, 0.4) is 0 Å². The molecule has 23 heavy (non-hydrogen) atoms. The van der Waals surface area contributed by atoms with E-state index in [-0.39, 0.29) is 5.95 Å². The van der Waals surface area contributed by atoms with Gasteiger partial charge in [-0.2, -0.15) is 4.98 Å². The van der Waals surface area contributed by atoms with Crippen molar-refractivity contribution >= 4 is 28.6 Å². The lowest BCUT2D eigenvalue weighted by Crippen LogP contribution is -2.01. The maximum atomic E-state index is 11.9. The van der Waals surface area contributed by atoms with Gasteiger partial charge in [0.05, 0.1) is 30.0 Å². The number of benzene rings is 1. The number of pyridine rings is 1. The van der Waals surface area contributed by atoms with E-state index in [0.29, 0.717) is 11.2 Å². The number of methoxy groups -OCH3 is 1. The number of hydrogen-bond acceptors (Lipinski definition) is 6. The van der Waals surface area contributed by atoms with Gasteiger partial charge in [0.1, 0.15) is 0 Å². The number of aromatic amines is 1. The molecule has 114 valence electrons. The highest BCUT2D eigenvalue weighted by Crippen LogP contribution is 2.29. The van der Waals surface area contributed by atoms with Crippen molar-refractivity contribution in [2.45, 2.75) is 0 Å². The molecule has 0 atom stereocenters. The van der Waals surface area contributed by atoms with Crippen molar-refractivity contribution in [3.05, 3.63) is 42.4 Å². The molecular weight excluding hydrogens is 296 g/mol. The average molecular weight is 308 g/mol. The van der Waals surface area contributed by atoms with Gasteiger partial charge in [0.25, 0.3) is 0 Å². The molecule has 3 aromatic heterocycles. The van der Waals surface area contributed by atoms with E-state index in [1.54, 1.807) is 29.2 Å². The Balaban J connectivity index is 1.97. The SMILES string of the molecule is COC(=O)c1cc(-c2ccn3nc(N)nc3c2)c2nc[nH]c2c1. The first-order chi connectivity index (χ1) is 11.2. The Morgan fingerprint density at radius 2 is 2.22 bits per heavy atom. The molecule has 0 amide bonds. The number of nitrogen functional groups attached to an aromatic ring is 1. The molecule has 0 aliphatic carbocycles. The Labute approximate surface area is 129 Å². The van der Waals surface area contributed by atoms with Crippen LogP contribution in [0.15, 0.2) is 36.8 Å². The fraction of sp³-hybridized carbons (Fsp3) is 0.0667. The smallest absolute Gasteiger partial charge is 0.337 e. The van der Waals surface area contributed by atoms with E-state index in [0.717, 1.165) is 22.2 Å². The monoisotopic (exact) mass is 308 g/mol. The Morgan fingerprint density at radius 1 is 1.35 bits per heavy atom. The fourth-order valence-electron chi connectivity index (χ4n) is 2.57. The van der Waals surface area contributed by atoms with Crippen molar-refractivity contribution in [1.82, 2.24) is 24.6 Å². The maximum absolute atomic E-state index is 11.9. The van der Waals surface area contributed by atoms with Gasteiger partial charge in [0.2, 0.25) is 5.95 Å². The highest BCUT2D eigenvalue weighted by atomic mass is 16.5. The zero-order valence-electron chi connectivity index (χ0n) is 12.1. The normalized spacial score (nSPS) is 11.2. The summed E-state index contributed by atoms with van der Waals surface area (Å²) in [5.41, 5.74) is 9.84. The van der Waals surface area contributed by atoms with Crippen LogP contribution in [0.1, 0.15) is 10.4 Å². The zero-order valence-corrected chi connectivity index (χ0v) is 12.1. The van der Waals surface area contributed by atoms with Crippen LogP contribution in [-0.2, 0) is 4.74 Å². The molecule has 4 aromatic rings. The van der Waals surface area contributed by atoms with Crippen LogP contribution in [0.2, 0.25) is 0 Å². The van der Waals surface area contributed by atoms with Crippen LogP contribution in [0.25, 0.3) is 27.8 Å². The molecule has 0 aliphatic heterocycles. The van der Waals surface area contributed by atoms with Crippen molar-refractivity contribution in [1.29, 1.82) is 0 Å². The maximum Gasteiger partial charge on any atom is 0.337 e. The average Bonchev–Trinajstić information content (AvgIpc) is 3.17. The molecule has 0 aliphatic rings. The first-order valence-corrected chi connectivity index (χ1v) is 6.83. The van der Waals surface area contributed by atoms with Crippen LogP contribution in [0.4, 0.5) is 5.95 Å². The van der Waals surface area contributed by atoms with Gasteiger partial charge >= 0.3 is 5.97 Å². The lowest BCUT2D eigenvalue weighted by molar-refractivity contribution is 0.0601. The molecule has 0 unspecified atom stereocenters. The number of H-pyrrole nitrogens is 1. The van der Waals surface area contributed by atoms with Gasteiger partial charge in [-0.25, -0.2) is 14.3 Å². The standard InChI is InChI=1S/C15H12N6O2/c1-23-14(22)9-4-10(13-11(5-9)17-7-18-13)8-2-3-21-12(6-8)19-15(16)20-21/h2-7H,1H3,(H2,16,20)(H,17,18). The number of ether oxygens (including phenoxy) is 1. The Morgan fingerprint density at radius 3 is 3.04 bits per heavy atom. The van der Waals surface area contributed by atoms with E-state index < -0.39 is 5.97 Å². The summed E-state index contributed by atoms with van der Waals surface area (Å²) >= 11 is 0. The Bertz CT molecular complexity index is 1050. The summed E-state index contributed by atoms with van der Waals surface area (Å²) in [4.78, 5) is 23.4. The van der Waals surface area contributed by atoms with Crippen molar-refractivity contribution in [2.75, 3.05) is 12.8 Å². The van der Waals surface area contributed by atoms with Crippen molar-refractivity contribution < 1.29 is 9.53 Å². The molecule has 0 spiro atoms. The number of nitrogens with zero attached hydrogens (tertiary/aromatic N) is 4. The Hall–Kier alpha value is -3.42. The minimum absolute atomic E-state index is 0.204. The summed E-state index contributed by atoms with van der Waals surface area (Å²) in [7, 11) is 1.35. The highest BCUT2D eigenvalue weighted by Gasteiger charge is 2.14. The predicted molar refractivity (Wildman–Crippen MR) is 83.8 cm³/mol. The van der Waals surface area contributed by atoms with Crippen LogP contribution in [0, 0.1) is 0 Å². The number of anilines is 1. The van der Waals surface area contributed by atoms with Gasteiger partial charge in [-0.05, 0) is 29.8 Å². The van der Waals surface area contributed by atoms with Crippen molar-refractivity contribution in [2.24, 2.45) is 0 Å². The first kappa shape index (κ1) is 13.3. The number of nitrogens with two attached hydrogens (primary N) is 1. The second-order valence-corrected chi connectivity index (χ2v) is 5.00. The summed E-state index contributed by atoms with van der Waals surface area (Å²) in [5, 5.41) is 4.05. The number of carbonyl (C=O) groups excluding carboxylic acids is 1. The number of fused-ring (bicyclic) bond motifs is 2. The van der Waals surface area contributed by atoms with Gasteiger partial charge in [-0.1, -0.05) is 0 Å². The highest BCUT2D eigenvalue weighted by molar-refractivity contribution is 6.00. The van der Waals surface area contributed by atoms with Gasteiger partial charge in [0, 0.05) is 11.8 Å². The molecule has 0 saturated heterocycles. The summed E-state index contributed by atoms with van der Waals surface area (Å²) in [6, 6.07) is 7.17. The lowest BCUT2D eigenvalue weighted by Gasteiger charge is -2.06. The molecule has 3 heterocycles. The van der Waals surface area contributed by atoms with Gasteiger partial charge in [-0.3, -0.25) is 0 Å². The van der Waals surface area contributed by atoms with Gasteiger partial charge < -0.3 is 15.5 Å². The second-order valence-electron chi connectivity index (χ2n) is 5.00. The number of aromatic nitrogens is 5. The van der Waals surface area contributed by atoms with E-state index in [9.17, 15) is 4.79 Å². The van der Waals surface area contributed by atoms with Crippen LogP contribution >= 0.6 is 0 Å². The number of rotatable bonds is 2. The van der Waals surface area contributed by atoms with E-state index in [4.69, 9.17) is 10.5 Å². The first-order valence-electron chi connectivity index (χ1n) is 6.83. The molecule has 4 rings (SSSR count). The quantitative estimate of drug-likeness (QED) is 0.545. The number of carbonyl (C=O) groups is 1. The molecular formula is C15H12N6O2. The zero-order chi connectivity index (χ0) is 16.0. The molecule has 0 bridgehead atoms. The second kappa shape index (κ2) is 4.80. The minimum Gasteiger partial charge on any atom is -0.465 e. The van der Waals surface area contributed by atoms with Crippen LogP contribution in [0.5, 0.6) is 0 Å². The molecule has 8 heteroatoms. The number of nitrogens with one attached hydrogen (secondary N) is 1. The number of hydrogen-bond donors (Lipinski definition) is 2. The molecule has 1 aromatic carbocycles. The summed E-state index contributed by atoms with van der Waals surface area (Å²) in [6.45, 7) is 0. The Kier molecular flexibility index (Phi) is 2.77. The van der Waals surface area contributed by atoms with E-state index in [1.165, 1.54) is 7.11 Å². The number of imidazole rings is 1. The summed E-state index contributed by atoms with van der Waals surface area (Å²) in [5.74, 6) is -0.203.